The zero-order valence-electron chi connectivity index (χ0n) is 16.2. The van der Waals surface area contributed by atoms with E-state index in [1.54, 1.807) is 29.9 Å². The number of benzene rings is 1. The molecule has 6 nitrogen and oxygen atoms in total. The van der Waals surface area contributed by atoms with E-state index in [-0.39, 0.29) is 11.8 Å². The minimum atomic E-state index is -0.553. The number of hydrogen-bond acceptors (Lipinski definition) is 3. The van der Waals surface area contributed by atoms with Crippen molar-refractivity contribution >= 4 is 23.4 Å². The summed E-state index contributed by atoms with van der Waals surface area (Å²) in [5.41, 5.74) is 1.77. The molecule has 3 rings (SSSR count). The molecule has 0 saturated heterocycles. The highest BCUT2D eigenvalue weighted by molar-refractivity contribution is 6.30. The molecule has 0 spiro atoms. The number of halogens is 1. The molecule has 1 aliphatic carbocycles. The van der Waals surface area contributed by atoms with Gasteiger partial charge in [0.15, 0.2) is 0 Å². The Balaban J connectivity index is 1.44. The average molecular weight is 403 g/mol. The standard InChI is InChI=1S/C21H27ClN4O2/c1-15(25-20(27)11-16-5-3-2-4-6-16)21(28)23-12-17-13-24-26(14-17)19-9-7-18(22)8-10-19/h7-10,13-16H,2-6,11-12H2,1H3,(H,23,28)(H,25,27). The predicted molar refractivity (Wildman–Crippen MR) is 109 cm³/mol. The van der Waals surface area contributed by atoms with Crippen LogP contribution in [0.3, 0.4) is 0 Å². The van der Waals surface area contributed by atoms with Gasteiger partial charge in [-0.3, -0.25) is 9.59 Å². The fraction of sp³-hybridized carbons (Fsp3) is 0.476. The number of hydrogen-bond donors (Lipinski definition) is 2. The number of amides is 2. The fourth-order valence-corrected chi connectivity index (χ4v) is 3.67. The maximum atomic E-state index is 12.3. The molecule has 1 unspecified atom stereocenters. The average Bonchev–Trinajstić information content (AvgIpc) is 3.16. The summed E-state index contributed by atoms with van der Waals surface area (Å²) in [4.78, 5) is 24.5. The zero-order valence-corrected chi connectivity index (χ0v) is 16.9. The molecule has 1 saturated carbocycles. The predicted octanol–water partition coefficient (Wildman–Crippen LogP) is 3.62. The van der Waals surface area contributed by atoms with Crippen LogP contribution in [-0.2, 0) is 16.1 Å². The van der Waals surface area contributed by atoms with Crippen LogP contribution >= 0.6 is 11.6 Å². The molecule has 1 aromatic heterocycles. The van der Waals surface area contributed by atoms with Crippen molar-refractivity contribution in [1.82, 2.24) is 20.4 Å². The highest BCUT2D eigenvalue weighted by Crippen LogP contribution is 2.26. The zero-order chi connectivity index (χ0) is 19.9. The molecule has 1 fully saturated rings. The third kappa shape index (κ3) is 5.83. The van der Waals surface area contributed by atoms with Gasteiger partial charge in [-0.1, -0.05) is 30.9 Å². The summed E-state index contributed by atoms with van der Waals surface area (Å²) >= 11 is 5.90. The molecule has 2 aromatic rings. The molecule has 1 heterocycles. The second-order valence-electron chi connectivity index (χ2n) is 7.48. The van der Waals surface area contributed by atoms with Gasteiger partial charge in [-0.05, 0) is 49.9 Å². The lowest BCUT2D eigenvalue weighted by atomic mass is 9.87. The van der Waals surface area contributed by atoms with Crippen LogP contribution < -0.4 is 10.6 Å². The van der Waals surface area contributed by atoms with Gasteiger partial charge < -0.3 is 10.6 Å². The first-order chi connectivity index (χ1) is 13.5. The lowest BCUT2D eigenvalue weighted by Gasteiger charge is -2.22. The molecule has 1 aliphatic rings. The van der Waals surface area contributed by atoms with Gasteiger partial charge in [0.1, 0.15) is 6.04 Å². The van der Waals surface area contributed by atoms with E-state index >= 15 is 0 Å². The molecular weight excluding hydrogens is 376 g/mol. The van der Waals surface area contributed by atoms with Crippen LogP contribution in [0.4, 0.5) is 0 Å². The first kappa shape index (κ1) is 20.4. The summed E-state index contributed by atoms with van der Waals surface area (Å²) in [7, 11) is 0. The van der Waals surface area contributed by atoms with Crippen LogP contribution in [0.1, 0.15) is 51.0 Å². The van der Waals surface area contributed by atoms with E-state index in [1.165, 1.54) is 19.3 Å². The van der Waals surface area contributed by atoms with Crippen molar-refractivity contribution in [1.29, 1.82) is 0 Å². The Hall–Kier alpha value is -2.34. The summed E-state index contributed by atoms with van der Waals surface area (Å²) in [6.07, 6.45) is 10.0. The molecule has 7 heteroatoms. The second-order valence-corrected chi connectivity index (χ2v) is 7.92. The first-order valence-electron chi connectivity index (χ1n) is 9.88. The van der Waals surface area contributed by atoms with E-state index in [1.807, 2.05) is 18.3 Å². The highest BCUT2D eigenvalue weighted by atomic mass is 35.5. The topological polar surface area (TPSA) is 76.0 Å². The van der Waals surface area contributed by atoms with E-state index in [4.69, 9.17) is 11.6 Å². The van der Waals surface area contributed by atoms with Gasteiger partial charge in [-0.2, -0.15) is 5.10 Å². The van der Waals surface area contributed by atoms with Crippen molar-refractivity contribution in [3.63, 3.8) is 0 Å². The molecule has 2 N–H and O–H groups in total. The molecule has 0 bridgehead atoms. The van der Waals surface area contributed by atoms with Gasteiger partial charge in [-0.15, -0.1) is 0 Å². The van der Waals surface area contributed by atoms with Gasteiger partial charge >= 0.3 is 0 Å². The molecule has 28 heavy (non-hydrogen) atoms. The van der Waals surface area contributed by atoms with Crippen molar-refractivity contribution in [3.05, 3.63) is 47.2 Å². The van der Waals surface area contributed by atoms with E-state index in [9.17, 15) is 9.59 Å². The Kier molecular flexibility index (Phi) is 7.09. The number of rotatable bonds is 7. The SMILES string of the molecule is CC(NC(=O)CC1CCCCC1)C(=O)NCc1cnn(-c2ccc(Cl)cc2)c1. The lowest BCUT2D eigenvalue weighted by molar-refractivity contribution is -0.129. The Bertz CT molecular complexity index is 797. The quantitative estimate of drug-likeness (QED) is 0.742. The molecular formula is C21H27ClN4O2. The molecule has 1 aromatic carbocycles. The maximum Gasteiger partial charge on any atom is 0.242 e. The van der Waals surface area contributed by atoms with Crippen molar-refractivity contribution < 1.29 is 9.59 Å². The van der Waals surface area contributed by atoms with E-state index in [0.717, 1.165) is 24.1 Å². The smallest absolute Gasteiger partial charge is 0.242 e. The van der Waals surface area contributed by atoms with E-state index in [0.29, 0.717) is 23.9 Å². The Morgan fingerprint density at radius 2 is 1.93 bits per heavy atom. The largest absolute Gasteiger partial charge is 0.350 e. The summed E-state index contributed by atoms with van der Waals surface area (Å²) in [6, 6.07) is 6.81. The Morgan fingerprint density at radius 1 is 1.21 bits per heavy atom. The molecule has 1 atom stereocenters. The molecule has 0 radical (unpaired) electrons. The van der Waals surface area contributed by atoms with E-state index in [2.05, 4.69) is 15.7 Å². The number of nitrogens with zero attached hydrogens (tertiary/aromatic N) is 2. The fourth-order valence-electron chi connectivity index (χ4n) is 3.55. The van der Waals surface area contributed by atoms with Crippen LogP contribution in [0, 0.1) is 5.92 Å². The summed E-state index contributed by atoms with van der Waals surface area (Å²) in [6.45, 7) is 2.07. The van der Waals surface area contributed by atoms with Crippen molar-refractivity contribution in [2.24, 2.45) is 5.92 Å². The highest BCUT2D eigenvalue weighted by Gasteiger charge is 2.20. The minimum Gasteiger partial charge on any atom is -0.350 e. The molecule has 150 valence electrons. The summed E-state index contributed by atoms with van der Waals surface area (Å²) in [5.74, 6) is 0.226. The number of nitrogens with one attached hydrogen (secondary N) is 2. The Labute approximate surface area is 170 Å². The van der Waals surface area contributed by atoms with Gasteiger partial charge in [0, 0.05) is 29.7 Å². The number of aromatic nitrogens is 2. The minimum absolute atomic E-state index is 0.0369. The van der Waals surface area contributed by atoms with Gasteiger partial charge in [0.05, 0.1) is 11.9 Å². The van der Waals surface area contributed by atoms with Crippen LogP contribution in [0.5, 0.6) is 0 Å². The van der Waals surface area contributed by atoms with Crippen molar-refractivity contribution in [2.75, 3.05) is 0 Å². The third-order valence-electron chi connectivity index (χ3n) is 5.16. The van der Waals surface area contributed by atoms with Crippen molar-refractivity contribution in [3.8, 4) is 5.69 Å². The third-order valence-corrected chi connectivity index (χ3v) is 5.42. The van der Waals surface area contributed by atoms with Crippen LogP contribution in [0.2, 0.25) is 5.02 Å². The number of carbonyl (C=O) groups is 2. The first-order valence-corrected chi connectivity index (χ1v) is 10.3. The van der Waals surface area contributed by atoms with Gasteiger partial charge in [0.25, 0.3) is 0 Å². The van der Waals surface area contributed by atoms with Crippen LogP contribution in [0.25, 0.3) is 5.69 Å². The van der Waals surface area contributed by atoms with E-state index < -0.39 is 6.04 Å². The summed E-state index contributed by atoms with van der Waals surface area (Å²) in [5, 5.41) is 10.6. The lowest BCUT2D eigenvalue weighted by Crippen LogP contribution is -2.45. The molecule has 0 aliphatic heterocycles. The number of carbonyl (C=O) groups excluding carboxylic acids is 2. The normalized spacial score (nSPS) is 15.8. The van der Waals surface area contributed by atoms with Gasteiger partial charge in [-0.25, -0.2) is 4.68 Å². The van der Waals surface area contributed by atoms with Crippen molar-refractivity contribution in [2.45, 2.75) is 58.0 Å². The monoisotopic (exact) mass is 402 g/mol. The summed E-state index contributed by atoms with van der Waals surface area (Å²) < 4.78 is 1.73. The molecule has 2 amide bonds. The van der Waals surface area contributed by atoms with Gasteiger partial charge in [0.2, 0.25) is 11.8 Å². The van der Waals surface area contributed by atoms with Crippen LogP contribution in [0.15, 0.2) is 36.7 Å². The van der Waals surface area contributed by atoms with Crippen LogP contribution in [-0.4, -0.2) is 27.6 Å². The maximum absolute atomic E-state index is 12.3. The Morgan fingerprint density at radius 3 is 2.64 bits per heavy atom. The second kappa shape index (κ2) is 9.73.